The molecule has 0 spiro atoms. The Balaban J connectivity index is 1.87. The van der Waals surface area contributed by atoms with Gasteiger partial charge in [0.25, 0.3) is 5.56 Å². The van der Waals surface area contributed by atoms with E-state index in [1.807, 2.05) is 91.5 Å². The Morgan fingerprint density at radius 3 is 2.29 bits per heavy atom. The third kappa shape index (κ3) is 5.08. The second kappa shape index (κ2) is 11.0. The predicted molar refractivity (Wildman–Crippen MR) is 145 cm³/mol. The van der Waals surface area contributed by atoms with E-state index in [1.165, 1.54) is 0 Å². The van der Waals surface area contributed by atoms with E-state index in [0.29, 0.717) is 29.7 Å². The summed E-state index contributed by atoms with van der Waals surface area (Å²) < 4.78 is 2.58. The summed E-state index contributed by atoms with van der Waals surface area (Å²) >= 11 is 3.48. The quantitative estimate of drug-likeness (QED) is 0.256. The molecule has 2 unspecified atom stereocenters. The molecular formula is C29H30BrN3O2. The number of halogens is 1. The van der Waals surface area contributed by atoms with Crippen molar-refractivity contribution in [3.8, 4) is 5.69 Å². The number of fused-ring (bicyclic) bond motifs is 1. The standard InChI is InChI=1S/C29H30BrN3O2/c1-4-19-32(28(34)24(5-2)21-11-7-6-8-12-21)20(3)27-31-26-14-10-9-13-25(26)29(35)33(27)23-17-15-22(30)16-18-23/h6-18,20,24H,4-5,19H2,1-3H3. The molecular weight excluding hydrogens is 502 g/mol. The van der Waals surface area contributed by atoms with Crippen LogP contribution in [0.15, 0.2) is 88.1 Å². The molecule has 0 aliphatic carbocycles. The Morgan fingerprint density at radius 2 is 1.63 bits per heavy atom. The predicted octanol–water partition coefficient (Wildman–Crippen LogP) is 6.64. The van der Waals surface area contributed by atoms with Crippen LogP contribution in [0.3, 0.4) is 0 Å². The SMILES string of the molecule is CCCN(C(=O)C(CC)c1ccccc1)C(C)c1nc2ccccc2c(=O)n1-c1ccc(Br)cc1. The van der Waals surface area contributed by atoms with E-state index in [-0.39, 0.29) is 17.4 Å². The lowest BCUT2D eigenvalue weighted by Gasteiger charge is -2.33. The van der Waals surface area contributed by atoms with Gasteiger partial charge in [0.1, 0.15) is 5.82 Å². The number of rotatable bonds is 8. The molecule has 0 aliphatic rings. The molecule has 0 aliphatic heterocycles. The third-order valence-corrected chi connectivity index (χ3v) is 6.91. The lowest BCUT2D eigenvalue weighted by atomic mass is 9.94. The second-order valence-electron chi connectivity index (χ2n) is 8.68. The fraction of sp³-hybridized carbons (Fsp3) is 0.276. The van der Waals surface area contributed by atoms with Crippen molar-refractivity contribution >= 4 is 32.7 Å². The van der Waals surface area contributed by atoms with Crippen molar-refractivity contribution in [2.75, 3.05) is 6.54 Å². The molecule has 0 saturated heterocycles. The van der Waals surface area contributed by atoms with Gasteiger partial charge in [-0.1, -0.05) is 72.2 Å². The van der Waals surface area contributed by atoms with Crippen molar-refractivity contribution < 1.29 is 4.79 Å². The summed E-state index contributed by atoms with van der Waals surface area (Å²) in [6.45, 7) is 6.64. The maximum Gasteiger partial charge on any atom is 0.266 e. The van der Waals surface area contributed by atoms with Gasteiger partial charge >= 0.3 is 0 Å². The maximum absolute atomic E-state index is 13.9. The van der Waals surface area contributed by atoms with Crippen molar-refractivity contribution in [3.05, 3.63) is 105 Å². The molecule has 0 radical (unpaired) electrons. The number of para-hydroxylation sites is 1. The van der Waals surface area contributed by atoms with Crippen LogP contribution >= 0.6 is 15.9 Å². The minimum absolute atomic E-state index is 0.0535. The summed E-state index contributed by atoms with van der Waals surface area (Å²) in [5.74, 6) is 0.358. The molecule has 3 aromatic carbocycles. The number of aromatic nitrogens is 2. The molecule has 0 N–H and O–H groups in total. The van der Waals surface area contributed by atoms with Crippen LogP contribution in [0, 0.1) is 0 Å². The molecule has 6 heteroatoms. The van der Waals surface area contributed by atoms with E-state index < -0.39 is 6.04 Å². The maximum atomic E-state index is 13.9. The van der Waals surface area contributed by atoms with Crippen LogP contribution in [-0.4, -0.2) is 26.9 Å². The van der Waals surface area contributed by atoms with Gasteiger partial charge in [0.15, 0.2) is 0 Å². The Kier molecular flexibility index (Phi) is 7.81. The molecule has 1 amide bonds. The first-order valence-corrected chi connectivity index (χ1v) is 12.9. The van der Waals surface area contributed by atoms with Crippen molar-refractivity contribution in [1.82, 2.24) is 14.5 Å². The van der Waals surface area contributed by atoms with Gasteiger partial charge in [-0.05, 0) is 61.7 Å². The monoisotopic (exact) mass is 531 g/mol. The minimum atomic E-state index is -0.402. The molecule has 0 fully saturated rings. The van der Waals surface area contributed by atoms with Crippen LogP contribution < -0.4 is 5.56 Å². The number of hydrogen-bond acceptors (Lipinski definition) is 3. The largest absolute Gasteiger partial charge is 0.332 e. The van der Waals surface area contributed by atoms with E-state index in [0.717, 1.165) is 22.1 Å². The zero-order valence-corrected chi connectivity index (χ0v) is 21.9. The average Bonchev–Trinajstić information content (AvgIpc) is 2.88. The smallest absolute Gasteiger partial charge is 0.266 e. The van der Waals surface area contributed by atoms with Gasteiger partial charge in [-0.15, -0.1) is 0 Å². The summed E-state index contributed by atoms with van der Waals surface area (Å²) in [5.41, 5.74) is 2.22. The first-order valence-electron chi connectivity index (χ1n) is 12.1. The first-order chi connectivity index (χ1) is 17.0. The number of nitrogens with zero attached hydrogens (tertiary/aromatic N) is 3. The highest BCUT2D eigenvalue weighted by Crippen LogP contribution is 2.29. The molecule has 1 heterocycles. The molecule has 1 aromatic heterocycles. The van der Waals surface area contributed by atoms with E-state index in [4.69, 9.17) is 4.98 Å². The molecule has 180 valence electrons. The minimum Gasteiger partial charge on any atom is -0.332 e. The summed E-state index contributed by atoms with van der Waals surface area (Å²) in [7, 11) is 0. The highest BCUT2D eigenvalue weighted by molar-refractivity contribution is 9.10. The fourth-order valence-electron chi connectivity index (χ4n) is 4.58. The normalized spacial score (nSPS) is 12.9. The number of benzene rings is 3. The van der Waals surface area contributed by atoms with Crippen LogP contribution in [0.1, 0.15) is 57.0 Å². The second-order valence-corrected chi connectivity index (χ2v) is 9.60. The summed E-state index contributed by atoms with van der Waals surface area (Å²) in [4.78, 5) is 34.5. The van der Waals surface area contributed by atoms with Crippen LogP contribution in [0.4, 0.5) is 0 Å². The molecule has 35 heavy (non-hydrogen) atoms. The topological polar surface area (TPSA) is 55.2 Å². The number of amides is 1. The van der Waals surface area contributed by atoms with Crippen molar-refractivity contribution in [3.63, 3.8) is 0 Å². The van der Waals surface area contributed by atoms with E-state index in [9.17, 15) is 9.59 Å². The lowest BCUT2D eigenvalue weighted by Crippen LogP contribution is -2.40. The van der Waals surface area contributed by atoms with Gasteiger partial charge in [-0.2, -0.15) is 0 Å². The van der Waals surface area contributed by atoms with Crippen LogP contribution in [0.5, 0.6) is 0 Å². The molecule has 4 rings (SSSR count). The highest BCUT2D eigenvalue weighted by Gasteiger charge is 2.31. The summed E-state index contributed by atoms with van der Waals surface area (Å²) in [6, 6.07) is 24.5. The van der Waals surface area contributed by atoms with Crippen molar-refractivity contribution in [2.45, 2.75) is 45.6 Å². The van der Waals surface area contributed by atoms with Crippen LogP contribution in [-0.2, 0) is 4.79 Å². The van der Waals surface area contributed by atoms with Crippen molar-refractivity contribution in [2.24, 2.45) is 0 Å². The summed E-state index contributed by atoms with van der Waals surface area (Å²) in [5, 5.41) is 0.551. The van der Waals surface area contributed by atoms with Gasteiger partial charge < -0.3 is 4.90 Å². The zero-order valence-electron chi connectivity index (χ0n) is 20.3. The molecule has 2 atom stereocenters. The molecule has 0 saturated carbocycles. The van der Waals surface area contributed by atoms with Crippen LogP contribution in [0.25, 0.3) is 16.6 Å². The van der Waals surface area contributed by atoms with Gasteiger partial charge in [0.2, 0.25) is 5.91 Å². The first kappa shape index (κ1) is 24.9. The lowest BCUT2D eigenvalue weighted by molar-refractivity contribution is -0.135. The Labute approximate surface area is 214 Å². The van der Waals surface area contributed by atoms with Gasteiger partial charge in [0.05, 0.1) is 28.6 Å². The molecule has 4 aromatic rings. The Hall–Kier alpha value is -3.25. The summed E-state index contributed by atoms with van der Waals surface area (Å²) in [6.07, 6.45) is 1.50. The molecule has 0 bridgehead atoms. The number of carbonyl (C=O) groups is 1. The van der Waals surface area contributed by atoms with Crippen molar-refractivity contribution in [1.29, 1.82) is 0 Å². The van der Waals surface area contributed by atoms with Gasteiger partial charge in [-0.3, -0.25) is 14.2 Å². The number of carbonyl (C=O) groups excluding carboxylic acids is 1. The van der Waals surface area contributed by atoms with Gasteiger partial charge in [0, 0.05) is 11.0 Å². The Bertz CT molecular complexity index is 1370. The van der Waals surface area contributed by atoms with E-state index in [1.54, 1.807) is 10.6 Å². The van der Waals surface area contributed by atoms with E-state index >= 15 is 0 Å². The van der Waals surface area contributed by atoms with Gasteiger partial charge in [-0.25, -0.2) is 4.98 Å². The fourth-order valence-corrected chi connectivity index (χ4v) is 4.85. The highest BCUT2D eigenvalue weighted by atomic mass is 79.9. The average molecular weight is 532 g/mol. The Morgan fingerprint density at radius 1 is 0.971 bits per heavy atom. The van der Waals surface area contributed by atoms with Crippen LogP contribution in [0.2, 0.25) is 0 Å². The molecule has 5 nitrogen and oxygen atoms in total. The zero-order chi connectivity index (χ0) is 24.9. The third-order valence-electron chi connectivity index (χ3n) is 6.38. The van der Waals surface area contributed by atoms with E-state index in [2.05, 4.69) is 22.9 Å². The number of hydrogen-bond donors (Lipinski definition) is 0.